The van der Waals surface area contributed by atoms with Gasteiger partial charge >= 0.3 is 6.09 Å². The molecule has 7 nitrogen and oxygen atoms in total. The fraction of sp³-hybridized carbons (Fsp3) is 0.414. The quantitative estimate of drug-likeness (QED) is 0.466. The molecule has 36 heavy (non-hydrogen) atoms. The predicted molar refractivity (Wildman–Crippen MR) is 138 cm³/mol. The first-order valence-corrected chi connectivity index (χ1v) is 12.3. The van der Waals surface area contributed by atoms with E-state index in [1.165, 1.54) is 0 Å². The van der Waals surface area contributed by atoms with E-state index >= 15 is 0 Å². The molecule has 0 aliphatic carbocycles. The van der Waals surface area contributed by atoms with Crippen LogP contribution in [0.1, 0.15) is 70.2 Å². The fourth-order valence-electron chi connectivity index (χ4n) is 4.78. The van der Waals surface area contributed by atoms with Crippen molar-refractivity contribution < 1.29 is 19.7 Å². The Hall–Kier alpha value is -3.29. The van der Waals surface area contributed by atoms with Crippen molar-refractivity contribution in [2.24, 2.45) is 0 Å². The summed E-state index contributed by atoms with van der Waals surface area (Å²) in [6.07, 6.45) is 3.77. The van der Waals surface area contributed by atoms with Crippen molar-refractivity contribution in [2.45, 2.75) is 70.3 Å². The summed E-state index contributed by atoms with van der Waals surface area (Å²) in [6, 6.07) is 17.3. The van der Waals surface area contributed by atoms with Gasteiger partial charge in [-0.2, -0.15) is 0 Å². The Morgan fingerprint density at radius 1 is 1.00 bits per heavy atom. The molecule has 1 aliphatic heterocycles. The van der Waals surface area contributed by atoms with Crippen LogP contribution in [0.25, 0.3) is 11.4 Å². The van der Waals surface area contributed by atoms with E-state index in [1.807, 2.05) is 61.5 Å². The monoisotopic (exact) mass is 489 g/mol. The van der Waals surface area contributed by atoms with Crippen LogP contribution in [0.4, 0.5) is 4.79 Å². The molecule has 0 unspecified atom stereocenters. The van der Waals surface area contributed by atoms with E-state index in [1.54, 1.807) is 45.0 Å². The molecule has 0 bridgehead atoms. The van der Waals surface area contributed by atoms with Gasteiger partial charge in [0.05, 0.1) is 17.2 Å². The van der Waals surface area contributed by atoms with E-state index < -0.39 is 22.9 Å². The molecule has 1 fully saturated rings. The molecule has 1 amide bonds. The third-order valence-electron chi connectivity index (χ3n) is 6.77. The second-order valence-electron chi connectivity index (χ2n) is 10.8. The average Bonchev–Trinajstić information content (AvgIpc) is 2.83. The second-order valence-corrected chi connectivity index (χ2v) is 10.8. The normalized spacial score (nSPS) is 19.6. The van der Waals surface area contributed by atoms with Crippen LogP contribution in [0.5, 0.6) is 0 Å². The van der Waals surface area contributed by atoms with Crippen molar-refractivity contribution in [1.82, 2.24) is 14.9 Å². The number of aromatic nitrogens is 2. The topological polar surface area (TPSA) is 95.8 Å². The molecule has 2 atom stereocenters. The number of ether oxygens (including phenoxy) is 1. The Bertz CT molecular complexity index is 1180. The highest BCUT2D eigenvalue weighted by atomic mass is 16.6. The molecule has 190 valence electrons. The van der Waals surface area contributed by atoms with Gasteiger partial charge in [-0.3, -0.25) is 0 Å². The number of carbonyl (C=O) groups excluding carboxylic acids is 1. The lowest BCUT2D eigenvalue weighted by molar-refractivity contribution is -0.101. The highest BCUT2D eigenvalue weighted by molar-refractivity contribution is 5.70. The van der Waals surface area contributed by atoms with Crippen LogP contribution in [-0.4, -0.2) is 43.3 Å². The maximum atomic E-state index is 13.3. The van der Waals surface area contributed by atoms with Gasteiger partial charge in [0.25, 0.3) is 0 Å². The smallest absolute Gasteiger partial charge is 0.411 e. The minimum absolute atomic E-state index is 0.194. The highest BCUT2D eigenvalue weighted by Gasteiger charge is 2.46. The summed E-state index contributed by atoms with van der Waals surface area (Å²) in [7, 11) is 0. The van der Waals surface area contributed by atoms with Gasteiger partial charge in [0.1, 0.15) is 5.60 Å². The Morgan fingerprint density at radius 3 is 2.14 bits per heavy atom. The number of nitrogens with zero attached hydrogens (tertiary/aromatic N) is 3. The fourth-order valence-corrected chi connectivity index (χ4v) is 4.78. The number of benzene rings is 2. The summed E-state index contributed by atoms with van der Waals surface area (Å²) < 4.78 is 6.11. The molecule has 0 radical (unpaired) electrons. The summed E-state index contributed by atoms with van der Waals surface area (Å²) in [5.41, 5.74) is 0.507. The average molecular weight is 490 g/mol. The molecule has 1 aromatic heterocycles. The minimum Gasteiger partial charge on any atom is -0.438 e. The molecular weight excluding hydrogens is 454 g/mol. The Balaban J connectivity index is 1.50. The van der Waals surface area contributed by atoms with E-state index in [-0.39, 0.29) is 6.04 Å². The lowest BCUT2D eigenvalue weighted by atomic mass is 9.80. The number of amides is 1. The molecule has 0 saturated carbocycles. The number of cyclic esters (lactones) is 1. The first kappa shape index (κ1) is 25.8. The third kappa shape index (κ3) is 5.58. The Labute approximate surface area is 212 Å². The zero-order chi connectivity index (χ0) is 26.1. The van der Waals surface area contributed by atoms with Crippen LogP contribution >= 0.6 is 0 Å². The summed E-state index contributed by atoms with van der Waals surface area (Å²) >= 11 is 0. The van der Waals surface area contributed by atoms with Crippen molar-refractivity contribution in [2.75, 3.05) is 6.54 Å². The third-order valence-corrected chi connectivity index (χ3v) is 6.77. The van der Waals surface area contributed by atoms with Gasteiger partial charge in [0.15, 0.2) is 5.82 Å². The van der Waals surface area contributed by atoms with E-state index in [9.17, 15) is 15.0 Å². The molecule has 4 rings (SSSR count). The Kier molecular flexibility index (Phi) is 6.90. The molecule has 3 aromatic rings. The molecule has 1 aliphatic rings. The number of hydrogen-bond acceptors (Lipinski definition) is 6. The van der Waals surface area contributed by atoms with Crippen molar-refractivity contribution in [3.05, 3.63) is 83.7 Å². The SMILES string of the molecule is C[C@@H](c1ccc(-c2ncc(C(C)(C)O)cn2)cc1)N1CC[C@](CC(C)(C)O)(c2ccccc2)OC1=O. The van der Waals surface area contributed by atoms with Crippen LogP contribution < -0.4 is 0 Å². The number of carbonyl (C=O) groups is 1. The number of rotatable bonds is 7. The van der Waals surface area contributed by atoms with E-state index in [0.717, 1.165) is 16.7 Å². The van der Waals surface area contributed by atoms with Crippen LogP contribution in [-0.2, 0) is 15.9 Å². The minimum atomic E-state index is -0.994. The molecule has 7 heteroatoms. The first-order valence-electron chi connectivity index (χ1n) is 12.3. The molecule has 1 saturated heterocycles. The zero-order valence-electron chi connectivity index (χ0n) is 21.6. The largest absolute Gasteiger partial charge is 0.438 e. The van der Waals surface area contributed by atoms with Crippen LogP contribution in [0.3, 0.4) is 0 Å². The zero-order valence-corrected chi connectivity index (χ0v) is 21.6. The van der Waals surface area contributed by atoms with Crippen molar-refractivity contribution in [3.8, 4) is 11.4 Å². The van der Waals surface area contributed by atoms with Gasteiger partial charge in [0, 0.05) is 42.9 Å². The lowest BCUT2D eigenvalue weighted by Gasteiger charge is -2.45. The predicted octanol–water partition coefficient (Wildman–Crippen LogP) is 5.33. The van der Waals surface area contributed by atoms with E-state index in [2.05, 4.69) is 9.97 Å². The molecular formula is C29H35N3O4. The van der Waals surface area contributed by atoms with Gasteiger partial charge in [-0.1, -0.05) is 54.6 Å². The van der Waals surface area contributed by atoms with Crippen molar-refractivity contribution in [3.63, 3.8) is 0 Å². The summed E-state index contributed by atoms with van der Waals surface area (Å²) in [5, 5.41) is 20.7. The summed E-state index contributed by atoms with van der Waals surface area (Å²) in [6.45, 7) is 9.36. The van der Waals surface area contributed by atoms with E-state index in [4.69, 9.17) is 4.74 Å². The Morgan fingerprint density at radius 2 is 1.61 bits per heavy atom. The number of hydrogen-bond donors (Lipinski definition) is 2. The van der Waals surface area contributed by atoms with Gasteiger partial charge < -0.3 is 19.8 Å². The van der Waals surface area contributed by atoms with E-state index in [0.29, 0.717) is 30.8 Å². The van der Waals surface area contributed by atoms with Gasteiger partial charge in [0.2, 0.25) is 0 Å². The summed E-state index contributed by atoms with van der Waals surface area (Å²) in [4.78, 5) is 23.8. The van der Waals surface area contributed by atoms with Crippen molar-refractivity contribution >= 4 is 6.09 Å². The van der Waals surface area contributed by atoms with Gasteiger partial charge in [-0.25, -0.2) is 14.8 Å². The summed E-state index contributed by atoms with van der Waals surface area (Å²) in [5.74, 6) is 0.568. The highest BCUT2D eigenvalue weighted by Crippen LogP contribution is 2.42. The first-order chi connectivity index (χ1) is 16.9. The molecule has 2 heterocycles. The van der Waals surface area contributed by atoms with Crippen molar-refractivity contribution in [1.29, 1.82) is 0 Å². The van der Waals surface area contributed by atoms with Crippen LogP contribution in [0.15, 0.2) is 67.0 Å². The van der Waals surface area contributed by atoms with Gasteiger partial charge in [-0.15, -0.1) is 0 Å². The lowest BCUT2D eigenvalue weighted by Crippen LogP contribution is -2.51. The maximum absolute atomic E-state index is 13.3. The molecule has 0 spiro atoms. The second kappa shape index (κ2) is 9.64. The molecule has 2 N–H and O–H groups in total. The molecule has 2 aromatic carbocycles. The maximum Gasteiger partial charge on any atom is 0.411 e. The standard InChI is InChI=1S/C29H35N3O4/c1-20(21-11-13-22(14-12-21)25-30-17-24(18-31-25)28(4,5)35)32-16-15-29(36-26(32)33,19-27(2,3)34)23-9-7-6-8-10-23/h6-14,17-18,20,34-35H,15-16,19H2,1-5H3/t20-,29-/m0/s1. The van der Waals surface area contributed by atoms with Crippen LogP contribution in [0, 0.1) is 0 Å². The number of aliphatic hydroxyl groups is 2. The van der Waals surface area contributed by atoms with Crippen LogP contribution in [0.2, 0.25) is 0 Å². The van der Waals surface area contributed by atoms with Gasteiger partial charge in [-0.05, 0) is 45.7 Å².